The second kappa shape index (κ2) is 11.3. The molecule has 0 bridgehead atoms. The summed E-state index contributed by atoms with van der Waals surface area (Å²) < 4.78 is 15.4. The van der Waals surface area contributed by atoms with Crippen LogP contribution in [0.4, 0.5) is 11.4 Å². The van der Waals surface area contributed by atoms with E-state index in [9.17, 15) is 19.2 Å². The van der Waals surface area contributed by atoms with Crippen molar-refractivity contribution in [3.63, 3.8) is 0 Å². The Bertz CT molecular complexity index is 1030. The SMILES string of the molecule is COc1ccc(N2C[C@@H](C(=O)OCC(=O)Nc3ccc(C(=O)OCC(C)C)cc3)CC2=O)cc1. The van der Waals surface area contributed by atoms with Crippen LogP contribution in [0.25, 0.3) is 0 Å². The first-order valence-corrected chi connectivity index (χ1v) is 10.9. The molecule has 1 aliphatic rings. The molecule has 9 heteroatoms. The van der Waals surface area contributed by atoms with Crippen LogP contribution >= 0.6 is 0 Å². The molecule has 2 aromatic carbocycles. The number of anilines is 2. The van der Waals surface area contributed by atoms with Crippen LogP contribution in [0.2, 0.25) is 0 Å². The van der Waals surface area contributed by atoms with Crippen molar-refractivity contribution in [2.24, 2.45) is 11.8 Å². The van der Waals surface area contributed by atoms with Crippen molar-refractivity contribution < 1.29 is 33.4 Å². The standard InChI is InChI=1S/C25H28N2O7/c1-16(2)14-33-24(30)17-4-6-19(7-5-17)26-22(28)15-34-25(31)18-12-23(29)27(13-18)20-8-10-21(32-3)11-9-20/h4-11,16,18H,12-15H2,1-3H3,(H,26,28)/t18-/m0/s1. The molecule has 0 radical (unpaired) electrons. The van der Waals surface area contributed by atoms with Gasteiger partial charge in [-0.05, 0) is 54.4 Å². The number of nitrogens with zero attached hydrogens (tertiary/aromatic N) is 1. The van der Waals surface area contributed by atoms with E-state index in [2.05, 4.69) is 5.32 Å². The molecule has 2 amide bonds. The smallest absolute Gasteiger partial charge is 0.338 e. The van der Waals surface area contributed by atoms with Crippen LogP contribution < -0.4 is 15.0 Å². The van der Waals surface area contributed by atoms with Gasteiger partial charge in [0.25, 0.3) is 5.91 Å². The van der Waals surface area contributed by atoms with E-state index in [1.54, 1.807) is 55.6 Å². The predicted molar refractivity (Wildman–Crippen MR) is 125 cm³/mol. The summed E-state index contributed by atoms with van der Waals surface area (Å²) in [5, 5.41) is 2.60. The number of benzene rings is 2. The molecule has 1 N–H and O–H groups in total. The molecule has 1 heterocycles. The zero-order chi connectivity index (χ0) is 24.7. The van der Waals surface area contributed by atoms with Gasteiger partial charge in [-0.15, -0.1) is 0 Å². The summed E-state index contributed by atoms with van der Waals surface area (Å²) in [5.74, 6) is -1.52. The molecule has 9 nitrogen and oxygen atoms in total. The van der Waals surface area contributed by atoms with Crippen LogP contribution in [0.15, 0.2) is 48.5 Å². The van der Waals surface area contributed by atoms with Crippen molar-refractivity contribution in [3.8, 4) is 5.75 Å². The lowest BCUT2D eigenvalue weighted by atomic mass is 10.1. The van der Waals surface area contributed by atoms with Gasteiger partial charge in [-0.25, -0.2) is 4.79 Å². The summed E-state index contributed by atoms with van der Waals surface area (Å²) in [7, 11) is 1.55. The van der Waals surface area contributed by atoms with Crippen LogP contribution in [0.3, 0.4) is 0 Å². The number of amides is 2. The normalized spacial score (nSPS) is 15.2. The summed E-state index contributed by atoms with van der Waals surface area (Å²) in [6.07, 6.45) is 0.0147. The van der Waals surface area contributed by atoms with Crippen molar-refractivity contribution in [3.05, 3.63) is 54.1 Å². The lowest BCUT2D eigenvalue weighted by Crippen LogP contribution is -2.28. The Morgan fingerprint density at radius 1 is 1.03 bits per heavy atom. The fourth-order valence-electron chi connectivity index (χ4n) is 3.34. The fraction of sp³-hybridized carbons (Fsp3) is 0.360. The minimum atomic E-state index is -0.654. The highest BCUT2D eigenvalue weighted by molar-refractivity contribution is 6.00. The molecular formula is C25H28N2O7. The second-order valence-electron chi connectivity index (χ2n) is 8.33. The molecule has 0 aromatic heterocycles. The van der Waals surface area contributed by atoms with E-state index in [1.807, 2.05) is 13.8 Å². The zero-order valence-corrected chi connectivity index (χ0v) is 19.4. The average Bonchev–Trinajstić information content (AvgIpc) is 3.23. The summed E-state index contributed by atoms with van der Waals surface area (Å²) in [5.41, 5.74) is 1.48. The third kappa shape index (κ3) is 6.57. The van der Waals surface area contributed by atoms with Crippen molar-refractivity contribution in [2.45, 2.75) is 20.3 Å². The number of carbonyl (C=O) groups is 4. The van der Waals surface area contributed by atoms with Gasteiger partial charge in [0.1, 0.15) is 5.75 Å². The average molecular weight is 469 g/mol. The molecule has 2 aromatic rings. The van der Waals surface area contributed by atoms with Gasteiger partial charge in [-0.2, -0.15) is 0 Å². The van der Waals surface area contributed by atoms with Crippen molar-refractivity contribution >= 4 is 35.1 Å². The molecule has 0 saturated carbocycles. The summed E-state index contributed by atoms with van der Waals surface area (Å²) in [4.78, 5) is 50.4. The van der Waals surface area contributed by atoms with E-state index in [0.717, 1.165) is 0 Å². The Balaban J connectivity index is 1.46. The maximum atomic E-state index is 12.4. The number of esters is 2. The number of nitrogens with one attached hydrogen (secondary N) is 1. The third-order valence-electron chi connectivity index (χ3n) is 5.14. The Morgan fingerprint density at radius 3 is 2.32 bits per heavy atom. The topological polar surface area (TPSA) is 111 Å². The number of hydrogen-bond acceptors (Lipinski definition) is 7. The Morgan fingerprint density at radius 2 is 1.71 bits per heavy atom. The van der Waals surface area contributed by atoms with E-state index >= 15 is 0 Å². The largest absolute Gasteiger partial charge is 0.497 e. The van der Waals surface area contributed by atoms with E-state index in [1.165, 1.54) is 4.90 Å². The predicted octanol–water partition coefficient (Wildman–Crippen LogP) is 3.04. The van der Waals surface area contributed by atoms with Gasteiger partial charge in [0.2, 0.25) is 5.91 Å². The molecule has 180 valence electrons. The highest BCUT2D eigenvalue weighted by Crippen LogP contribution is 2.27. The van der Waals surface area contributed by atoms with E-state index in [-0.39, 0.29) is 24.8 Å². The highest BCUT2D eigenvalue weighted by Gasteiger charge is 2.36. The van der Waals surface area contributed by atoms with Crippen molar-refractivity contribution in [1.29, 1.82) is 0 Å². The van der Waals surface area contributed by atoms with Crippen molar-refractivity contribution in [1.82, 2.24) is 0 Å². The Hall–Kier alpha value is -3.88. The number of ether oxygens (including phenoxy) is 3. The lowest BCUT2D eigenvalue weighted by molar-refractivity contribution is -0.151. The van der Waals surface area contributed by atoms with Gasteiger partial charge in [0.05, 0.1) is 25.2 Å². The molecule has 1 saturated heterocycles. The minimum absolute atomic E-state index is 0.0147. The molecular weight excluding hydrogens is 440 g/mol. The molecule has 1 atom stereocenters. The first kappa shape index (κ1) is 24.8. The summed E-state index contributed by atoms with van der Waals surface area (Å²) >= 11 is 0. The van der Waals surface area contributed by atoms with Crippen LogP contribution in [0, 0.1) is 11.8 Å². The molecule has 34 heavy (non-hydrogen) atoms. The van der Waals surface area contributed by atoms with Crippen LogP contribution in [0.5, 0.6) is 5.75 Å². The Labute approximate surface area is 198 Å². The zero-order valence-electron chi connectivity index (χ0n) is 19.4. The maximum Gasteiger partial charge on any atom is 0.338 e. The fourth-order valence-corrected chi connectivity index (χ4v) is 3.34. The first-order chi connectivity index (χ1) is 16.3. The Kier molecular flexibility index (Phi) is 8.24. The van der Waals surface area contributed by atoms with Crippen molar-refractivity contribution in [2.75, 3.05) is 37.1 Å². The number of carbonyl (C=O) groups excluding carboxylic acids is 4. The molecule has 0 aliphatic carbocycles. The van der Waals surface area contributed by atoms with Crippen LogP contribution in [-0.2, 0) is 23.9 Å². The molecule has 3 rings (SSSR count). The quantitative estimate of drug-likeness (QED) is 0.563. The lowest BCUT2D eigenvalue weighted by Gasteiger charge is -2.16. The number of hydrogen-bond donors (Lipinski definition) is 1. The van der Waals surface area contributed by atoms with Gasteiger partial charge in [-0.1, -0.05) is 13.8 Å². The maximum absolute atomic E-state index is 12.4. The van der Waals surface area contributed by atoms with E-state index in [0.29, 0.717) is 29.3 Å². The minimum Gasteiger partial charge on any atom is -0.497 e. The van der Waals surface area contributed by atoms with Gasteiger partial charge in [0.15, 0.2) is 6.61 Å². The van der Waals surface area contributed by atoms with Gasteiger partial charge in [-0.3, -0.25) is 14.4 Å². The number of rotatable bonds is 9. The van der Waals surface area contributed by atoms with Crippen LogP contribution in [-0.4, -0.2) is 50.6 Å². The molecule has 0 unspecified atom stereocenters. The van der Waals surface area contributed by atoms with Crippen LogP contribution in [0.1, 0.15) is 30.6 Å². The second-order valence-corrected chi connectivity index (χ2v) is 8.33. The van der Waals surface area contributed by atoms with Gasteiger partial charge < -0.3 is 24.4 Å². The first-order valence-electron chi connectivity index (χ1n) is 10.9. The van der Waals surface area contributed by atoms with E-state index < -0.39 is 30.4 Å². The number of methoxy groups -OCH3 is 1. The van der Waals surface area contributed by atoms with E-state index in [4.69, 9.17) is 14.2 Å². The van der Waals surface area contributed by atoms with Gasteiger partial charge >= 0.3 is 11.9 Å². The highest BCUT2D eigenvalue weighted by atomic mass is 16.5. The molecule has 1 aliphatic heterocycles. The molecule has 0 spiro atoms. The summed E-state index contributed by atoms with van der Waals surface area (Å²) in [6, 6.07) is 13.2. The third-order valence-corrected chi connectivity index (χ3v) is 5.14. The molecule has 1 fully saturated rings. The monoisotopic (exact) mass is 468 g/mol. The summed E-state index contributed by atoms with van der Waals surface area (Å²) in [6.45, 7) is 3.91. The van der Waals surface area contributed by atoms with Gasteiger partial charge in [0, 0.05) is 24.3 Å².